The van der Waals surface area contributed by atoms with E-state index in [9.17, 15) is 12.8 Å². The van der Waals surface area contributed by atoms with E-state index in [1.165, 1.54) is 16.4 Å². The van der Waals surface area contributed by atoms with Gasteiger partial charge in [0.1, 0.15) is 5.82 Å². The predicted octanol–water partition coefficient (Wildman–Crippen LogP) is 1.49. The third-order valence-corrected chi connectivity index (χ3v) is 6.61. The van der Waals surface area contributed by atoms with E-state index in [1.807, 2.05) is 0 Å². The summed E-state index contributed by atoms with van der Waals surface area (Å²) in [5.41, 5.74) is 6.68. The number of nitrogens with zero attached hydrogens (tertiary/aromatic N) is 1. The topological polar surface area (TPSA) is 63.4 Å². The summed E-state index contributed by atoms with van der Waals surface area (Å²) in [7, 11) is -3.63. The lowest BCUT2D eigenvalue weighted by Crippen LogP contribution is -2.50. The zero-order valence-corrected chi connectivity index (χ0v) is 12.2. The van der Waals surface area contributed by atoms with Crippen molar-refractivity contribution >= 4 is 10.0 Å². The fraction of sp³-hybridized carbons (Fsp3) is 0.571. The number of piperidine rings is 1. The molecular formula is C14H19FN2O2S. The van der Waals surface area contributed by atoms with Gasteiger partial charge in [-0.25, -0.2) is 12.8 Å². The number of aryl methyl sites for hydroxylation is 1. The van der Waals surface area contributed by atoms with Crippen LogP contribution in [0.15, 0.2) is 23.1 Å². The largest absolute Gasteiger partial charge is 0.327 e. The molecule has 0 amide bonds. The molecule has 20 heavy (non-hydrogen) atoms. The molecule has 2 bridgehead atoms. The summed E-state index contributed by atoms with van der Waals surface area (Å²) in [5, 5.41) is 0. The van der Waals surface area contributed by atoms with Gasteiger partial charge in [-0.05, 0) is 49.3 Å². The highest BCUT2D eigenvalue weighted by molar-refractivity contribution is 7.89. The molecule has 1 saturated carbocycles. The van der Waals surface area contributed by atoms with Gasteiger partial charge in [-0.1, -0.05) is 6.07 Å². The van der Waals surface area contributed by atoms with Crippen LogP contribution in [0.25, 0.3) is 0 Å². The molecule has 0 radical (unpaired) electrons. The van der Waals surface area contributed by atoms with Crippen molar-refractivity contribution in [3.63, 3.8) is 0 Å². The average Bonchev–Trinajstić information content (AvgIpc) is 2.64. The van der Waals surface area contributed by atoms with Gasteiger partial charge in [0.05, 0.1) is 4.90 Å². The molecule has 2 aliphatic rings. The van der Waals surface area contributed by atoms with Gasteiger partial charge in [-0.2, -0.15) is 4.31 Å². The lowest BCUT2D eigenvalue weighted by atomic mass is 9.95. The van der Waals surface area contributed by atoms with Gasteiger partial charge in [0.15, 0.2) is 0 Å². The second-order valence-electron chi connectivity index (χ2n) is 5.91. The Labute approximate surface area is 118 Å². The molecule has 0 spiro atoms. The van der Waals surface area contributed by atoms with Crippen LogP contribution in [0.4, 0.5) is 4.39 Å². The third kappa shape index (κ3) is 2.16. The molecule has 110 valence electrons. The van der Waals surface area contributed by atoms with Gasteiger partial charge in [0.25, 0.3) is 0 Å². The minimum absolute atomic E-state index is 0.0763. The van der Waals surface area contributed by atoms with Crippen LogP contribution in [-0.2, 0) is 10.0 Å². The van der Waals surface area contributed by atoms with E-state index in [-0.39, 0.29) is 22.8 Å². The van der Waals surface area contributed by atoms with E-state index in [4.69, 9.17) is 5.73 Å². The van der Waals surface area contributed by atoms with E-state index in [0.717, 1.165) is 18.9 Å². The van der Waals surface area contributed by atoms with Crippen molar-refractivity contribution < 1.29 is 12.8 Å². The van der Waals surface area contributed by atoms with Crippen molar-refractivity contribution in [3.8, 4) is 0 Å². The molecule has 0 aromatic heterocycles. The quantitative estimate of drug-likeness (QED) is 0.900. The summed E-state index contributed by atoms with van der Waals surface area (Å²) >= 11 is 0. The number of sulfonamides is 1. The molecule has 2 fully saturated rings. The third-order valence-electron chi connectivity index (χ3n) is 4.64. The summed E-state index contributed by atoms with van der Waals surface area (Å²) < 4.78 is 40.3. The Kier molecular flexibility index (Phi) is 3.35. The number of rotatable bonds is 2. The Morgan fingerprint density at radius 2 is 1.85 bits per heavy atom. The number of hydrogen-bond acceptors (Lipinski definition) is 3. The van der Waals surface area contributed by atoms with Crippen molar-refractivity contribution in [3.05, 3.63) is 29.6 Å². The normalized spacial score (nSPS) is 30.6. The number of nitrogens with two attached hydrogens (primary N) is 1. The van der Waals surface area contributed by atoms with Crippen LogP contribution in [0.5, 0.6) is 0 Å². The maximum atomic E-state index is 13.4. The van der Waals surface area contributed by atoms with Crippen LogP contribution in [0.2, 0.25) is 0 Å². The van der Waals surface area contributed by atoms with Gasteiger partial charge < -0.3 is 5.73 Å². The Morgan fingerprint density at radius 3 is 2.45 bits per heavy atom. The fourth-order valence-corrected chi connectivity index (χ4v) is 5.20. The highest BCUT2D eigenvalue weighted by atomic mass is 32.2. The fourth-order valence-electron chi connectivity index (χ4n) is 3.41. The van der Waals surface area contributed by atoms with E-state index < -0.39 is 15.8 Å². The monoisotopic (exact) mass is 298 g/mol. The van der Waals surface area contributed by atoms with Gasteiger partial charge in [-0.3, -0.25) is 0 Å². The van der Waals surface area contributed by atoms with Crippen LogP contribution < -0.4 is 5.73 Å². The first-order chi connectivity index (χ1) is 9.39. The molecular weight excluding hydrogens is 279 g/mol. The summed E-state index contributed by atoms with van der Waals surface area (Å²) in [6.45, 7) is 2.60. The number of fused-ring (bicyclic) bond motifs is 2. The minimum Gasteiger partial charge on any atom is -0.327 e. The number of benzene rings is 1. The smallest absolute Gasteiger partial charge is 0.243 e. The molecule has 1 aromatic carbocycles. The Morgan fingerprint density at radius 1 is 1.25 bits per heavy atom. The molecule has 3 atom stereocenters. The first kappa shape index (κ1) is 14.0. The van der Waals surface area contributed by atoms with Crippen molar-refractivity contribution in [1.29, 1.82) is 0 Å². The summed E-state index contributed by atoms with van der Waals surface area (Å²) in [4.78, 5) is 0.0763. The number of halogens is 1. The van der Waals surface area contributed by atoms with Gasteiger partial charge in [-0.15, -0.1) is 0 Å². The van der Waals surface area contributed by atoms with Crippen molar-refractivity contribution in [2.24, 2.45) is 17.6 Å². The van der Waals surface area contributed by atoms with Crippen molar-refractivity contribution in [2.45, 2.75) is 30.7 Å². The molecule has 1 saturated heterocycles. The molecule has 1 aromatic rings. The van der Waals surface area contributed by atoms with Crippen LogP contribution in [0, 0.1) is 24.6 Å². The maximum Gasteiger partial charge on any atom is 0.243 e. The Hall–Kier alpha value is -0.980. The standard InChI is InChI=1S/C14H19FN2O2S/c1-9-2-5-12(15)6-13(9)20(18,19)17-7-10-3-4-11(8-17)14(10)16/h2,5-6,10-11,14H,3-4,7-8,16H2,1H3/t10-,11+,14?. The molecule has 1 heterocycles. The Bertz CT molecular complexity index is 618. The van der Waals surface area contributed by atoms with Crippen LogP contribution in [0.3, 0.4) is 0 Å². The highest BCUT2D eigenvalue weighted by Gasteiger charge is 2.43. The summed E-state index contributed by atoms with van der Waals surface area (Å²) in [6, 6.07) is 4.01. The van der Waals surface area contributed by atoms with E-state index in [1.54, 1.807) is 6.92 Å². The second kappa shape index (κ2) is 4.79. The lowest BCUT2D eigenvalue weighted by Gasteiger charge is -2.35. The predicted molar refractivity (Wildman–Crippen MR) is 74.1 cm³/mol. The minimum atomic E-state index is -3.63. The van der Waals surface area contributed by atoms with E-state index in [2.05, 4.69) is 0 Å². The van der Waals surface area contributed by atoms with Crippen LogP contribution in [0.1, 0.15) is 18.4 Å². The second-order valence-corrected chi connectivity index (χ2v) is 7.81. The summed E-state index contributed by atoms with van der Waals surface area (Å²) in [5.74, 6) is -0.0550. The molecule has 6 heteroatoms. The molecule has 4 nitrogen and oxygen atoms in total. The molecule has 3 rings (SSSR count). The van der Waals surface area contributed by atoms with Crippen molar-refractivity contribution in [2.75, 3.05) is 13.1 Å². The van der Waals surface area contributed by atoms with Crippen LogP contribution in [-0.4, -0.2) is 31.9 Å². The molecule has 1 unspecified atom stereocenters. The molecule has 1 aliphatic heterocycles. The van der Waals surface area contributed by atoms with Crippen molar-refractivity contribution in [1.82, 2.24) is 4.31 Å². The maximum absolute atomic E-state index is 13.4. The van der Waals surface area contributed by atoms with Gasteiger partial charge >= 0.3 is 0 Å². The first-order valence-electron chi connectivity index (χ1n) is 6.91. The first-order valence-corrected chi connectivity index (χ1v) is 8.35. The number of hydrogen-bond donors (Lipinski definition) is 1. The lowest BCUT2D eigenvalue weighted by molar-refractivity contribution is 0.228. The summed E-state index contributed by atoms with van der Waals surface area (Å²) in [6.07, 6.45) is 1.97. The van der Waals surface area contributed by atoms with E-state index >= 15 is 0 Å². The van der Waals surface area contributed by atoms with E-state index in [0.29, 0.717) is 18.7 Å². The zero-order valence-electron chi connectivity index (χ0n) is 11.4. The van der Waals surface area contributed by atoms with Gasteiger partial charge in [0.2, 0.25) is 10.0 Å². The average molecular weight is 298 g/mol. The van der Waals surface area contributed by atoms with Gasteiger partial charge in [0, 0.05) is 19.1 Å². The Balaban J connectivity index is 1.95. The zero-order chi connectivity index (χ0) is 14.5. The molecule has 2 N–H and O–H groups in total. The van der Waals surface area contributed by atoms with Crippen LogP contribution >= 0.6 is 0 Å². The molecule has 1 aliphatic carbocycles. The SMILES string of the molecule is Cc1ccc(F)cc1S(=O)(=O)N1C[C@H]2CC[C@@H](C1)C2N. The highest BCUT2D eigenvalue weighted by Crippen LogP contribution is 2.38.